The highest BCUT2D eigenvalue weighted by atomic mass is 19.4. The number of aromatic nitrogens is 2. The Balaban J connectivity index is 1.44. The van der Waals surface area contributed by atoms with E-state index in [1.165, 1.54) is 6.07 Å². The van der Waals surface area contributed by atoms with Crippen LogP contribution in [-0.4, -0.2) is 54.3 Å². The number of nitrogens with one attached hydrogen (secondary N) is 1. The Hall–Kier alpha value is -3.60. The van der Waals surface area contributed by atoms with Crippen LogP contribution >= 0.6 is 0 Å². The number of benzene rings is 2. The average molecular weight is 490 g/mol. The van der Waals surface area contributed by atoms with Crippen molar-refractivity contribution in [3.63, 3.8) is 0 Å². The number of hydrogen-bond acceptors (Lipinski definition) is 6. The molecule has 1 aliphatic rings. The normalized spacial score (nSPS) is 14.2. The first kappa shape index (κ1) is 24.5. The van der Waals surface area contributed by atoms with Crippen LogP contribution in [-0.2, 0) is 38.2 Å². The van der Waals surface area contributed by atoms with Crippen molar-refractivity contribution >= 4 is 34.3 Å². The van der Waals surface area contributed by atoms with Gasteiger partial charge in [-0.3, -0.25) is 9.59 Å². The zero-order chi connectivity index (χ0) is 25.0. The van der Waals surface area contributed by atoms with Crippen molar-refractivity contribution in [2.75, 3.05) is 43.1 Å². The van der Waals surface area contributed by atoms with Gasteiger partial charge in [0.2, 0.25) is 0 Å². The Kier molecular flexibility index (Phi) is 7.25. The number of fused-ring (bicyclic) bond motifs is 1. The number of rotatable bonds is 7. The molecule has 0 saturated carbocycles. The van der Waals surface area contributed by atoms with Crippen molar-refractivity contribution in [1.29, 1.82) is 0 Å². The number of carbonyl (C=O) groups excluding carboxylic acids is 2. The van der Waals surface area contributed by atoms with Crippen molar-refractivity contribution in [1.82, 2.24) is 9.55 Å². The highest BCUT2D eigenvalue weighted by Crippen LogP contribution is 2.35. The number of morpholine rings is 1. The summed E-state index contributed by atoms with van der Waals surface area (Å²) in [6.45, 7) is 2.94. The maximum atomic E-state index is 13.3. The number of para-hydroxylation sites is 2. The lowest BCUT2D eigenvalue weighted by Gasteiger charge is -2.31. The van der Waals surface area contributed by atoms with Crippen LogP contribution in [0.5, 0.6) is 0 Å². The van der Waals surface area contributed by atoms with E-state index in [4.69, 9.17) is 9.47 Å². The third-order valence-electron chi connectivity index (χ3n) is 5.65. The van der Waals surface area contributed by atoms with Crippen LogP contribution in [0, 0.1) is 0 Å². The van der Waals surface area contributed by atoms with E-state index in [1.807, 2.05) is 36.1 Å². The lowest BCUT2D eigenvalue weighted by Crippen LogP contribution is -2.37. The molecule has 1 fully saturated rings. The van der Waals surface area contributed by atoms with E-state index >= 15 is 0 Å². The number of halogens is 3. The van der Waals surface area contributed by atoms with E-state index in [0.29, 0.717) is 44.2 Å². The molecule has 1 amide bonds. The van der Waals surface area contributed by atoms with Crippen LogP contribution in [0.2, 0.25) is 0 Å². The first-order valence-corrected chi connectivity index (χ1v) is 11.2. The zero-order valence-corrected chi connectivity index (χ0v) is 19.1. The third-order valence-corrected chi connectivity index (χ3v) is 5.65. The maximum absolute atomic E-state index is 13.3. The van der Waals surface area contributed by atoms with E-state index in [1.54, 1.807) is 4.57 Å². The SMILES string of the molecule is CCc1nc2ccccc2n1CC(=O)OCC(=O)Nc1cc(C(F)(F)F)ccc1N1CCOCC1. The smallest absolute Gasteiger partial charge is 0.416 e. The molecule has 11 heteroatoms. The number of alkyl halides is 3. The van der Waals surface area contributed by atoms with Gasteiger partial charge >= 0.3 is 12.1 Å². The van der Waals surface area contributed by atoms with Crippen LogP contribution in [0.1, 0.15) is 18.3 Å². The second-order valence-corrected chi connectivity index (χ2v) is 7.99. The lowest BCUT2D eigenvalue weighted by molar-refractivity contribution is -0.147. The molecule has 8 nitrogen and oxygen atoms in total. The fraction of sp³-hybridized carbons (Fsp3) is 0.375. The summed E-state index contributed by atoms with van der Waals surface area (Å²) in [5.74, 6) is -0.694. The molecule has 35 heavy (non-hydrogen) atoms. The summed E-state index contributed by atoms with van der Waals surface area (Å²) < 4.78 is 51.9. The monoisotopic (exact) mass is 490 g/mol. The Morgan fingerprint density at radius 1 is 1.14 bits per heavy atom. The molecule has 1 saturated heterocycles. The molecule has 0 radical (unpaired) electrons. The van der Waals surface area contributed by atoms with Gasteiger partial charge in [0, 0.05) is 19.5 Å². The van der Waals surface area contributed by atoms with Gasteiger partial charge in [-0.25, -0.2) is 4.98 Å². The minimum absolute atomic E-state index is 0.00310. The predicted octanol–water partition coefficient (Wildman–Crippen LogP) is 3.64. The third kappa shape index (κ3) is 5.73. The Bertz CT molecular complexity index is 1220. The lowest BCUT2D eigenvalue weighted by atomic mass is 10.1. The number of hydrogen-bond donors (Lipinski definition) is 1. The largest absolute Gasteiger partial charge is 0.454 e. The highest BCUT2D eigenvalue weighted by molar-refractivity contribution is 5.96. The summed E-state index contributed by atoms with van der Waals surface area (Å²) in [6.07, 6.45) is -3.97. The minimum Gasteiger partial charge on any atom is -0.454 e. The van der Waals surface area contributed by atoms with Crippen molar-refractivity contribution in [2.24, 2.45) is 0 Å². The summed E-state index contributed by atoms with van der Waals surface area (Å²) in [5, 5.41) is 2.47. The van der Waals surface area contributed by atoms with Gasteiger partial charge in [-0.15, -0.1) is 0 Å². The van der Waals surface area contributed by atoms with Crippen LogP contribution < -0.4 is 10.2 Å². The maximum Gasteiger partial charge on any atom is 0.416 e. The molecule has 1 aliphatic heterocycles. The summed E-state index contributed by atoms with van der Waals surface area (Å²) in [6, 6.07) is 10.5. The molecule has 4 rings (SSSR count). The number of carbonyl (C=O) groups is 2. The number of anilines is 2. The van der Waals surface area contributed by atoms with Crippen molar-refractivity contribution < 1.29 is 32.2 Å². The Morgan fingerprint density at radius 2 is 1.89 bits per heavy atom. The van der Waals surface area contributed by atoms with Crippen LogP contribution in [0.15, 0.2) is 42.5 Å². The van der Waals surface area contributed by atoms with Crippen molar-refractivity contribution in [3.05, 3.63) is 53.9 Å². The molecule has 0 bridgehead atoms. The number of amides is 1. The van der Waals surface area contributed by atoms with E-state index in [2.05, 4.69) is 10.3 Å². The van der Waals surface area contributed by atoms with Gasteiger partial charge < -0.3 is 24.3 Å². The van der Waals surface area contributed by atoms with Crippen molar-refractivity contribution in [2.45, 2.75) is 26.1 Å². The van der Waals surface area contributed by atoms with Crippen molar-refractivity contribution in [3.8, 4) is 0 Å². The summed E-state index contributed by atoms with van der Waals surface area (Å²) in [4.78, 5) is 31.3. The molecular formula is C24H25F3N4O4. The second-order valence-electron chi connectivity index (χ2n) is 7.99. The van der Waals surface area contributed by atoms with Crippen LogP contribution in [0.3, 0.4) is 0 Å². The molecule has 0 unspecified atom stereocenters. The number of imidazole rings is 1. The molecule has 2 aromatic carbocycles. The molecule has 0 aliphatic carbocycles. The second kappa shape index (κ2) is 10.3. The average Bonchev–Trinajstić information content (AvgIpc) is 3.20. The number of aryl methyl sites for hydroxylation is 1. The fourth-order valence-electron chi connectivity index (χ4n) is 3.97. The van der Waals surface area contributed by atoms with E-state index < -0.39 is 30.2 Å². The Labute approximate surface area is 199 Å². The topological polar surface area (TPSA) is 85.7 Å². The first-order chi connectivity index (χ1) is 16.8. The molecule has 0 spiro atoms. The van der Waals surface area contributed by atoms with Gasteiger partial charge in [0.1, 0.15) is 12.4 Å². The standard InChI is InChI=1S/C24H25F3N4O4/c1-2-21-28-17-5-3-4-6-20(17)31(21)14-23(33)35-15-22(32)29-18-13-16(24(25,26)27)7-8-19(18)30-9-11-34-12-10-30/h3-8,13H,2,9-12,14-15H2,1H3,(H,29,32). The van der Waals surface area contributed by atoms with Gasteiger partial charge in [-0.1, -0.05) is 19.1 Å². The van der Waals surface area contributed by atoms with E-state index in [0.717, 1.165) is 23.2 Å². The van der Waals surface area contributed by atoms with E-state index in [9.17, 15) is 22.8 Å². The quantitative estimate of drug-likeness (QED) is 0.509. The van der Waals surface area contributed by atoms with Gasteiger partial charge in [-0.05, 0) is 30.3 Å². The molecule has 0 atom stereocenters. The van der Waals surface area contributed by atoms with E-state index in [-0.39, 0.29) is 12.2 Å². The molecule has 1 aromatic heterocycles. The number of nitrogens with zero attached hydrogens (tertiary/aromatic N) is 3. The van der Waals surface area contributed by atoms with Gasteiger partial charge in [0.15, 0.2) is 6.61 Å². The van der Waals surface area contributed by atoms with Gasteiger partial charge in [0.05, 0.1) is 41.2 Å². The van der Waals surface area contributed by atoms with Crippen LogP contribution in [0.4, 0.5) is 24.5 Å². The number of ether oxygens (including phenoxy) is 2. The molecule has 1 N–H and O–H groups in total. The molecule has 3 aromatic rings. The van der Waals surface area contributed by atoms with Gasteiger partial charge in [-0.2, -0.15) is 13.2 Å². The van der Waals surface area contributed by atoms with Crippen LogP contribution in [0.25, 0.3) is 11.0 Å². The fourth-order valence-corrected chi connectivity index (χ4v) is 3.97. The number of esters is 1. The predicted molar refractivity (Wildman–Crippen MR) is 123 cm³/mol. The Morgan fingerprint density at radius 3 is 2.60 bits per heavy atom. The summed E-state index contributed by atoms with van der Waals surface area (Å²) in [5.41, 5.74) is 1.07. The zero-order valence-electron chi connectivity index (χ0n) is 19.1. The molecule has 2 heterocycles. The minimum atomic E-state index is -4.57. The highest BCUT2D eigenvalue weighted by Gasteiger charge is 2.32. The van der Waals surface area contributed by atoms with Gasteiger partial charge in [0.25, 0.3) is 5.91 Å². The summed E-state index contributed by atoms with van der Waals surface area (Å²) in [7, 11) is 0. The molecular weight excluding hydrogens is 465 g/mol. The molecule has 186 valence electrons. The first-order valence-electron chi connectivity index (χ1n) is 11.2. The summed E-state index contributed by atoms with van der Waals surface area (Å²) >= 11 is 0.